The first kappa shape index (κ1) is 41.1. The molecular formula is C41H49F6N5O4. The van der Waals surface area contributed by atoms with Gasteiger partial charge < -0.3 is 33.9 Å². The molecule has 9 nitrogen and oxygen atoms in total. The van der Waals surface area contributed by atoms with E-state index < -0.39 is 28.9 Å². The van der Waals surface area contributed by atoms with E-state index in [4.69, 9.17) is 19.2 Å². The van der Waals surface area contributed by atoms with Gasteiger partial charge in [0.2, 0.25) is 11.9 Å². The number of amides is 1. The van der Waals surface area contributed by atoms with Crippen molar-refractivity contribution in [2.75, 3.05) is 58.9 Å². The van der Waals surface area contributed by atoms with Crippen molar-refractivity contribution in [3.63, 3.8) is 0 Å². The molecule has 6 rings (SSSR count). The van der Waals surface area contributed by atoms with Crippen LogP contribution < -0.4 is 14.8 Å². The highest BCUT2D eigenvalue weighted by Crippen LogP contribution is 2.43. The van der Waals surface area contributed by atoms with E-state index in [9.17, 15) is 31.1 Å². The number of anilines is 1. The van der Waals surface area contributed by atoms with Gasteiger partial charge in [-0.3, -0.25) is 4.79 Å². The van der Waals surface area contributed by atoms with Crippen LogP contribution in [-0.4, -0.2) is 84.9 Å². The molecule has 1 N–H and O–H groups in total. The van der Waals surface area contributed by atoms with Crippen LogP contribution in [0.2, 0.25) is 0 Å². The molecule has 0 bridgehead atoms. The van der Waals surface area contributed by atoms with Gasteiger partial charge in [0.05, 0.1) is 48.4 Å². The van der Waals surface area contributed by atoms with Crippen molar-refractivity contribution < 1.29 is 45.3 Å². The van der Waals surface area contributed by atoms with Gasteiger partial charge in [-0.05, 0) is 106 Å². The van der Waals surface area contributed by atoms with Crippen molar-refractivity contribution in [3.8, 4) is 11.5 Å². The number of likely N-dealkylation sites (tertiary alicyclic amines) is 2. The standard InChI is InChI=1S/C41H49F6N5O4/c1-5-56-19-18-52-34-9-7-6-8-33(34)49-38(52)48-32-10-14-50(15-11-32)16-12-39(25-28-21-30(40(42,43)44)24-31(22-28)41(45,46)47)13-17-51(37(39)53)26-29-20-27(2)36(55-4)35(23-29)54-3/h6-9,20-24,32H,5,10-19,25-26H2,1-4H3,(H,48,49). The molecule has 2 aliphatic rings. The van der Waals surface area contributed by atoms with E-state index in [0.29, 0.717) is 57.4 Å². The number of piperidine rings is 1. The number of carbonyl (C=O) groups is 1. The van der Waals surface area contributed by atoms with Crippen LogP contribution in [0.3, 0.4) is 0 Å². The minimum atomic E-state index is -4.99. The number of alkyl halides is 6. The van der Waals surface area contributed by atoms with E-state index in [0.717, 1.165) is 53.1 Å². The van der Waals surface area contributed by atoms with Gasteiger partial charge in [-0.2, -0.15) is 26.3 Å². The third-order valence-electron chi connectivity index (χ3n) is 11.0. The molecule has 2 aliphatic heterocycles. The first-order chi connectivity index (χ1) is 26.6. The Balaban J connectivity index is 1.20. The summed E-state index contributed by atoms with van der Waals surface area (Å²) in [6.45, 7) is 7.95. The van der Waals surface area contributed by atoms with E-state index in [2.05, 4.69) is 14.8 Å². The topological polar surface area (TPSA) is 81.1 Å². The Bertz CT molecular complexity index is 1960. The zero-order chi connectivity index (χ0) is 40.3. The summed E-state index contributed by atoms with van der Waals surface area (Å²) in [6, 6.07) is 13.3. The Labute approximate surface area is 322 Å². The fourth-order valence-corrected chi connectivity index (χ4v) is 8.15. The van der Waals surface area contributed by atoms with Gasteiger partial charge >= 0.3 is 12.4 Å². The lowest BCUT2D eigenvalue weighted by Gasteiger charge is -2.36. The summed E-state index contributed by atoms with van der Waals surface area (Å²) < 4.78 is 102. The smallest absolute Gasteiger partial charge is 0.416 e. The molecule has 15 heteroatoms. The fourth-order valence-electron chi connectivity index (χ4n) is 8.15. The molecule has 3 aromatic carbocycles. The van der Waals surface area contributed by atoms with E-state index >= 15 is 0 Å². The zero-order valence-electron chi connectivity index (χ0n) is 32.2. The highest BCUT2D eigenvalue weighted by molar-refractivity contribution is 5.85. The van der Waals surface area contributed by atoms with Gasteiger partial charge in [0.25, 0.3) is 0 Å². The van der Waals surface area contributed by atoms with E-state index in [1.807, 2.05) is 44.2 Å². The van der Waals surface area contributed by atoms with Crippen LogP contribution in [0.4, 0.5) is 32.3 Å². The van der Waals surface area contributed by atoms with Crippen molar-refractivity contribution in [1.29, 1.82) is 0 Å². The average Bonchev–Trinajstić information content (AvgIpc) is 3.65. The molecule has 0 spiro atoms. The van der Waals surface area contributed by atoms with Gasteiger partial charge in [0.1, 0.15) is 0 Å². The Morgan fingerprint density at radius 2 is 1.59 bits per heavy atom. The Hall–Kier alpha value is -4.50. The number of aryl methyl sites for hydroxylation is 1. The Kier molecular flexibility index (Phi) is 12.4. The second-order valence-corrected chi connectivity index (χ2v) is 14.8. The highest BCUT2D eigenvalue weighted by atomic mass is 19.4. The van der Waals surface area contributed by atoms with Crippen LogP contribution in [0.1, 0.15) is 60.4 Å². The second-order valence-electron chi connectivity index (χ2n) is 14.8. The molecule has 1 amide bonds. The SMILES string of the molecule is CCOCCn1c(NC2CCN(CCC3(Cc4cc(C(F)(F)F)cc(C(F)(F)F)c4)CCN(Cc4cc(C)c(OC)c(OC)c4)C3=O)CC2)nc2ccccc21. The molecule has 3 heterocycles. The van der Waals surface area contributed by atoms with Gasteiger partial charge in [0.15, 0.2) is 11.5 Å². The summed E-state index contributed by atoms with van der Waals surface area (Å²) in [5, 5.41) is 3.62. The largest absolute Gasteiger partial charge is 0.493 e. The number of ether oxygens (including phenoxy) is 3. The number of nitrogens with zero attached hydrogens (tertiary/aromatic N) is 4. The average molecular weight is 790 g/mol. The van der Waals surface area contributed by atoms with E-state index in [1.165, 1.54) is 14.2 Å². The van der Waals surface area contributed by atoms with Crippen LogP contribution in [-0.2, 0) is 41.4 Å². The first-order valence-corrected chi connectivity index (χ1v) is 18.9. The molecule has 0 saturated carbocycles. The van der Waals surface area contributed by atoms with E-state index in [-0.39, 0.29) is 49.4 Å². The van der Waals surface area contributed by atoms with Crippen molar-refractivity contribution in [2.24, 2.45) is 5.41 Å². The van der Waals surface area contributed by atoms with Gasteiger partial charge in [0, 0.05) is 45.4 Å². The second kappa shape index (κ2) is 16.9. The lowest BCUT2D eigenvalue weighted by atomic mass is 9.76. The molecule has 0 aliphatic carbocycles. The molecule has 56 heavy (non-hydrogen) atoms. The van der Waals surface area contributed by atoms with Crippen LogP contribution in [0, 0.1) is 12.3 Å². The van der Waals surface area contributed by atoms with Crippen molar-refractivity contribution in [3.05, 3.63) is 82.4 Å². The number of hydrogen-bond donors (Lipinski definition) is 1. The summed E-state index contributed by atoms with van der Waals surface area (Å²) in [6.07, 6.45) is -8.12. The molecule has 304 valence electrons. The maximum absolute atomic E-state index is 14.5. The molecule has 2 fully saturated rings. The van der Waals surface area contributed by atoms with Crippen LogP contribution in [0.25, 0.3) is 11.0 Å². The summed E-state index contributed by atoms with van der Waals surface area (Å²) in [5.41, 5.74) is -0.694. The maximum atomic E-state index is 14.5. The molecule has 2 saturated heterocycles. The summed E-state index contributed by atoms with van der Waals surface area (Å²) >= 11 is 0. The number of hydrogen-bond acceptors (Lipinski definition) is 7. The predicted molar refractivity (Wildman–Crippen MR) is 201 cm³/mol. The van der Waals surface area contributed by atoms with Gasteiger partial charge in [-0.25, -0.2) is 4.98 Å². The minimum Gasteiger partial charge on any atom is -0.493 e. The Morgan fingerprint density at radius 1 is 0.893 bits per heavy atom. The molecular weight excluding hydrogens is 740 g/mol. The summed E-state index contributed by atoms with van der Waals surface area (Å²) in [4.78, 5) is 23.2. The number of imidazole rings is 1. The number of para-hydroxylation sites is 2. The van der Waals surface area contributed by atoms with Crippen molar-refractivity contribution in [1.82, 2.24) is 19.4 Å². The summed E-state index contributed by atoms with van der Waals surface area (Å²) in [5.74, 6) is 1.52. The van der Waals surface area contributed by atoms with Crippen LogP contribution >= 0.6 is 0 Å². The number of aromatic nitrogens is 2. The molecule has 1 atom stereocenters. The number of carbonyl (C=O) groups excluding carboxylic acids is 1. The third kappa shape index (κ3) is 9.20. The Morgan fingerprint density at radius 3 is 2.23 bits per heavy atom. The quantitative estimate of drug-likeness (QED) is 0.0959. The summed E-state index contributed by atoms with van der Waals surface area (Å²) in [7, 11) is 3.04. The first-order valence-electron chi connectivity index (χ1n) is 18.9. The molecule has 4 aromatic rings. The number of benzene rings is 3. The lowest BCUT2D eigenvalue weighted by Crippen LogP contribution is -2.43. The number of halogens is 6. The van der Waals surface area contributed by atoms with Crippen LogP contribution in [0.15, 0.2) is 54.6 Å². The normalized spacial score (nSPS) is 18.6. The number of methoxy groups -OCH3 is 2. The molecule has 1 aromatic heterocycles. The molecule has 0 radical (unpaired) electrons. The van der Waals surface area contributed by atoms with Crippen molar-refractivity contribution >= 4 is 22.9 Å². The highest BCUT2D eigenvalue weighted by Gasteiger charge is 2.47. The zero-order valence-corrected chi connectivity index (χ0v) is 32.2. The van der Waals surface area contributed by atoms with Gasteiger partial charge in [-0.1, -0.05) is 18.2 Å². The third-order valence-corrected chi connectivity index (χ3v) is 11.0. The predicted octanol–water partition coefficient (Wildman–Crippen LogP) is 8.36. The van der Waals surface area contributed by atoms with Crippen molar-refractivity contribution in [2.45, 2.75) is 77.4 Å². The number of nitrogens with one attached hydrogen (secondary N) is 1. The monoisotopic (exact) mass is 789 g/mol. The lowest BCUT2D eigenvalue weighted by molar-refractivity contribution is -0.143. The fraction of sp³-hybridized carbons (Fsp3) is 0.512. The van der Waals surface area contributed by atoms with E-state index in [1.54, 1.807) is 11.0 Å². The number of fused-ring (bicyclic) bond motifs is 1. The molecule has 1 unspecified atom stereocenters. The number of rotatable bonds is 15. The minimum absolute atomic E-state index is 0.127. The van der Waals surface area contributed by atoms with Gasteiger partial charge in [-0.15, -0.1) is 0 Å². The van der Waals surface area contributed by atoms with Crippen LogP contribution in [0.5, 0.6) is 11.5 Å². The maximum Gasteiger partial charge on any atom is 0.416 e.